The molecule has 0 N–H and O–H groups in total. The van der Waals surface area contributed by atoms with Gasteiger partial charge in [0.05, 0.1) is 0 Å². The van der Waals surface area contributed by atoms with Gasteiger partial charge in [-0.25, -0.2) is 4.39 Å². The first kappa shape index (κ1) is 20.7. The molecule has 0 aliphatic rings. The van der Waals surface area contributed by atoms with Crippen molar-refractivity contribution in [3.63, 3.8) is 0 Å². The first-order valence-corrected chi connectivity index (χ1v) is 6.69. The molecule has 2 heteroatoms. The molecule has 96 valence electrons. The van der Waals surface area contributed by atoms with E-state index in [0.717, 1.165) is 18.8 Å². The lowest BCUT2D eigenvalue weighted by Gasteiger charge is -2.10. The second-order valence-corrected chi connectivity index (χ2v) is 4.98. The maximum Gasteiger partial charge on any atom is 0.150 e. The molecular formula is C13H31FS. The normalized spacial score (nSPS) is 13.2. The van der Waals surface area contributed by atoms with Crippen molar-refractivity contribution >= 4 is 12.6 Å². The summed E-state index contributed by atoms with van der Waals surface area (Å²) >= 11 is 3.72. The Kier molecular flexibility index (Phi) is 19.7. The van der Waals surface area contributed by atoms with Gasteiger partial charge in [0.25, 0.3) is 0 Å². The van der Waals surface area contributed by atoms with Crippen LogP contribution in [0.4, 0.5) is 4.39 Å². The molecule has 1 unspecified atom stereocenters. The maximum atomic E-state index is 12.4. The van der Waals surface area contributed by atoms with Crippen LogP contribution in [0.15, 0.2) is 0 Å². The minimum atomic E-state index is -1.25. The molecule has 0 aromatic rings. The lowest BCUT2D eigenvalue weighted by Crippen LogP contribution is -2.06. The third-order valence-electron chi connectivity index (χ3n) is 1.80. The molecule has 0 spiro atoms. The summed E-state index contributed by atoms with van der Waals surface area (Å²) in [7, 11) is 0. The van der Waals surface area contributed by atoms with Crippen LogP contribution >= 0.6 is 12.6 Å². The predicted octanol–water partition coefficient (Wildman–Crippen LogP) is 5.87. The quantitative estimate of drug-likeness (QED) is 0.582. The second-order valence-electron chi connectivity index (χ2n) is 4.05. The van der Waals surface area contributed by atoms with Crippen LogP contribution in [0, 0.1) is 5.92 Å². The molecule has 0 rings (SSSR count). The Hall–Kier alpha value is 0.280. The molecule has 0 heterocycles. The van der Waals surface area contributed by atoms with Crippen molar-refractivity contribution in [1.82, 2.24) is 0 Å². The SMILES string of the molecule is CC.CCC(C)C.CCCCC(C)(F)S. The molecule has 0 saturated carbocycles. The van der Waals surface area contributed by atoms with Crippen LogP contribution in [0.25, 0.3) is 0 Å². The van der Waals surface area contributed by atoms with Crippen LogP contribution in [-0.2, 0) is 0 Å². The first-order valence-electron chi connectivity index (χ1n) is 6.24. The lowest BCUT2D eigenvalue weighted by molar-refractivity contribution is 0.293. The number of halogens is 1. The molecule has 0 amide bonds. The van der Waals surface area contributed by atoms with Crippen molar-refractivity contribution in [2.45, 2.75) is 79.2 Å². The van der Waals surface area contributed by atoms with Crippen molar-refractivity contribution in [2.24, 2.45) is 5.92 Å². The summed E-state index contributed by atoms with van der Waals surface area (Å²) in [6, 6.07) is 0. The van der Waals surface area contributed by atoms with E-state index in [0.29, 0.717) is 6.42 Å². The van der Waals surface area contributed by atoms with Crippen molar-refractivity contribution in [3.8, 4) is 0 Å². The van der Waals surface area contributed by atoms with Gasteiger partial charge in [-0.15, -0.1) is 12.6 Å². The van der Waals surface area contributed by atoms with E-state index in [2.05, 4.69) is 33.4 Å². The van der Waals surface area contributed by atoms with Gasteiger partial charge in [-0.3, -0.25) is 0 Å². The minimum absolute atomic E-state index is 0.562. The fourth-order valence-electron chi connectivity index (χ4n) is 0.499. The van der Waals surface area contributed by atoms with Crippen LogP contribution < -0.4 is 0 Å². The lowest BCUT2D eigenvalue weighted by atomic mass is 10.2. The van der Waals surface area contributed by atoms with Crippen molar-refractivity contribution in [2.75, 3.05) is 0 Å². The third kappa shape index (κ3) is 40.6. The molecule has 0 aliphatic heterocycles. The standard InChI is InChI=1S/C6H13FS.C5H12.C2H6/c1-3-4-5-6(2,7)8;1-4-5(2)3;1-2/h8H,3-5H2,1-2H3;5H,4H2,1-3H3;1-2H3. The largest absolute Gasteiger partial charge is 0.233 e. The molecule has 0 radical (unpaired) electrons. The minimum Gasteiger partial charge on any atom is -0.233 e. The average Bonchev–Trinajstić information content (AvgIpc) is 2.17. The molecular weight excluding hydrogens is 207 g/mol. The van der Waals surface area contributed by atoms with Crippen LogP contribution in [0.2, 0.25) is 0 Å². The van der Waals surface area contributed by atoms with Crippen molar-refractivity contribution < 1.29 is 4.39 Å². The zero-order valence-electron chi connectivity index (χ0n) is 11.7. The van der Waals surface area contributed by atoms with E-state index in [1.165, 1.54) is 13.3 Å². The van der Waals surface area contributed by atoms with Gasteiger partial charge >= 0.3 is 0 Å². The monoisotopic (exact) mass is 238 g/mol. The third-order valence-corrected chi connectivity index (χ3v) is 2.03. The summed E-state index contributed by atoms with van der Waals surface area (Å²) in [5, 5.41) is -1.25. The Balaban J connectivity index is -0.000000177. The summed E-state index contributed by atoms with van der Waals surface area (Å²) in [6.45, 7) is 14.2. The highest BCUT2D eigenvalue weighted by molar-refractivity contribution is 7.81. The topological polar surface area (TPSA) is 0 Å². The Bertz CT molecular complexity index is 95.2. The molecule has 1 atom stereocenters. The smallest absolute Gasteiger partial charge is 0.150 e. The van der Waals surface area contributed by atoms with E-state index >= 15 is 0 Å². The fraction of sp³-hybridized carbons (Fsp3) is 1.00. The molecule has 0 nitrogen and oxygen atoms in total. The predicted molar refractivity (Wildman–Crippen MR) is 74.5 cm³/mol. The summed E-state index contributed by atoms with van der Waals surface area (Å²) in [5.74, 6) is 0.884. The van der Waals surface area contributed by atoms with Gasteiger partial charge in [0.15, 0.2) is 5.00 Å². The van der Waals surface area contributed by atoms with E-state index in [4.69, 9.17) is 0 Å². The van der Waals surface area contributed by atoms with E-state index < -0.39 is 5.00 Å². The van der Waals surface area contributed by atoms with Crippen LogP contribution in [0.5, 0.6) is 0 Å². The number of unbranched alkanes of at least 4 members (excludes halogenated alkanes) is 1. The zero-order valence-corrected chi connectivity index (χ0v) is 12.6. The van der Waals surface area contributed by atoms with Gasteiger partial charge in [-0.05, 0) is 25.7 Å². The Morgan fingerprint density at radius 2 is 1.53 bits per heavy atom. The number of hydrogen-bond acceptors (Lipinski definition) is 1. The number of rotatable bonds is 4. The summed E-state index contributed by atoms with van der Waals surface area (Å²) in [6.07, 6.45) is 3.84. The van der Waals surface area contributed by atoms with Crippen LogP contribution in [0.3, 0.4) is 0 Å². The van der Waals surface area contributed by atoms with Crippen LogP contribution in [0.1, 0.15) is 74.1 Å². The van der Waals surface area contributed by atoms with E-state index in [1.54, 1.807) is 0 Å². The fourth-order valence-corrected chi connectivity index (χ4v) is 0.658. The number of hydrogen-bond donors (Lipinski definition) is 1. The molecule has 0 bridgehead atoms. The molecule has 0 fully saturated rings. The van der Waals surface area contributed by atoms with Gasteiger partial charge in [0, 0.05) is 0 Å². The summed E-state index contributed by atoms with van der Waals surface area (Å²) < 4.78 is 12.4. The van der Waals surface area contributed by atoms with Gasteiger partial charge in [0.1, 0.15) is 0 Å². The van der Waals surface area contributed by atoms with Gasteiger partial charge in [-0.1, -0.05) is 54.4 Å². The molecule has 0 aromatic heterocycles. The van der Waals surface area contributed by atoms with Gasteiger partial charge in [-0.2, -0.15) is 0 Å². The number of alkyl halides is 1. The molecule has 0 aromatic carbocycles. The van der Waals surface area contributed by atoms with Crippen LogP contribution in [-0.4, -0.2) is 5.00 Å². The second kappa shape index (κ2) is 14.3. The highest BCUT2D eigenvalue weighted by Gasteiger charge is 2.14. The number of thiol groups is 1. The maximum absolute atomic E-state index is 12.4. The average molecular weight is 238 g/mol. The molecule has 15 heavy (non-hydrogen) atoms. The summed E-state index contributed by atoms with van der Waals surface area (Å²) in [4.78, 5) is 0. The Morgan fingerprint density at radius 3 is 1.60 bits per heavy atom. The van der Waals surface area contributed by atoms with Gasteiger partial charge < -0.3 is 0 Å². The Labute approximate surface area is 102 Å². The highest BCUT2D eigenvalue weighted by Crippen LogP contribution is 2.21. The van der Waals surface area contributed by atoms with Crippen molar-refractivity contribution in [1.29, 1.82) is 0 Å². The van der Waals surface area contributed by atoms with Gasteiger partial charge in [0.2, 0.25) is 0 Å². The van der Waals surface area contributed by atoms with E-state index in [1.807, 2.05) is 20.8 Å². The van der Waals surface area contributed by atoms with E-state index in [-0.39, 0.29) is 0 Å². The highest BCUT2D eigenvalue weighted by atomic mass is 32.1. The van der Waals surface area contributed by atoms with Crippen molar-refractivity contribution in [3.05, 3.63) is 0 Å². The first-order chi connectivity index (χ1) is 6.83. The summed E-state index contributed by atoms with van der Waals surface area (Å²) in [5.41, 5.74) is 0. The zero-order chi connectivity index (χ0) is 12.9. The Morgan fingerprint density at radius 1 is 1.20 bits per heavy atom. The molecule has 0 saturated heterocycles. The van der Waals surface area contributed by atoms with E-state index in [9.17, 15) is 4.39 Å². The molecule has 0 aliphatic carbocycles.